The number of hydrogen-bond donors (Lipinski definition) is 1. The number of nitrogens with two attached hydrogens (primary N) is 1. The molecule has 1 aromatic carbocycles. The van der Waals surface area contributed by atoms with Crippen LogP contribution in [0.4, 0.5) is 0 Å². The molecule has 0 radical (unpaired) electrons. The van der Waals surface area contributed by atoms with Crippen LogP contribution in [-0.2, 0) is 6.54 Å². The highest BCUT2D eigenvalue weighted by atomic mass is 16.7. The molecule has 2 N–H and O–H groups in total. The molecule has 104 valence electrons. The predicted molar refractivity (Wildman–Crippen MR) is 74.2 cm³/mol. The van der Waals surface area contributed by atoms with Crippen LogP contribution in [0.3, 0.4) is 0 Å². The second-order valence-corrected chi connectivity index (χ2v) is 6.06. The Bertz CT molecular complexity index is 446. The molecule has 0 bridgehead atoms. The third-order valence-corrected chi connectivity index (χ3v) is 4.86. The van der Waals surface area contributed by atoms with Crippen LogP contribution in [-0.4, -0.2) is 12.8 Å². The first-order valence-electron chi connectivity index (χ1n) is 7.46. The fraction of sp³-hybridized carbons (Fsp3) is 0.625. The van der Waals surface area contributed by atoms with E-state index in [0.717, 1.165) is 35.9 Å². The molecule has 0 saturated heterocycles. The van der Waals surface area contributed by atoms with E-state index in [1.165, 1.54) is 24.8 Å². The van der Waals surface area contributed by atoms with Crippen molar-refractivity contribution in [2.45, 2.75) is 45.7 Å². The lowest BCUT2D eigenvalue weighted by molar-refractivity contribution is -0.713. The largest absolute Gasteiger partial charge is 0.454 e. The lowest BCUT2D eigenvalue weighted by Crippen LogP contribution is -2.90. The monoisotopic (exact) mass is 262 g/mol. The normalized spacial score (nSPS) is 29.5. The van der Waals surface area contributed by atoms with Crippen molar-refractivity contribution >= 4 is 0 Å². The summed E-state index contributed by atoms with van der Waals surface area (Å²) in [5, 5.41) is 2.51. The van der Waals surface area contributed by atoms with Crippen LogP contribution in [0.15, 0.2) is 18.2 Å². The predicted octanol–water partition coefficient (Wildman–Crippen LogP) is 2.30. The van der Waals surface area contributed by atoms with Crippen LogP contribution < -0.4 is 14.8 Å². The minimum atomic E-state index is 0.361. The molecule has 1 aliphatic carbocycles. The van der Waals surface area contributed by atoms with Crippen LogP contribution >= 0.6 is 0 Å². The summed E-state index contributed by atoms with van der Waals surface area (Å²) in [6, 6.07) is 7.07. The fourth-order valence-electron chi connectivity index (χ4n) is 3.31. The maximum atomic E-state index is 5.43. The van der Waals surface area contributed by atoms with Gasteiger partial charge in [0.2, 0.25) is 6.79 Å². The molecule has 0 unspecified atom stereocenters. The van der Waals surface area contributed by atoms with Gasteiger partial charge in [0.1, 0.15) is 6.54 Å². The number of hydrogen-bond acceptors (Lipinski definition) is 2. The highest BCUT2D eigenvalue weighted by Crippen LogP contribution is 2.32. The minimum absolute atomic E-state index is 0.361. The molecule has 2 aliphatic rings. The molecule has 1 fully saturated rings. The Morgan fingerprint density at radius 1 is 1.16 bits per heavy atom. The van der Waals surface area contributed by atoms with E-state index >= 15 is 0 Å². The smallest absolute Gasteiger partial charge is 0.231 e. The van der Waals surface area contributed by atoms with E-state index < -0.39 is 0 Å². The van der Waals surface area contributed by atoms with Crippen LogP contribution in [0, 0.1) is 11.8 Å². The van der Waals surface area contributed by atoms with Crippen molar-refractivity contribution in [2.24, 2.45) is 11.8 Å². The van der Waals surface area contributed by atoms with Crippen molar-refractivity contribution in [2.75, 3.05) is 6.79 Å². The van der Waals surface area contributed by atoms with E-state index in [4.69, 9.17) is 9.47 Å². The zero-order valence-corrected chi connectivity index (χ0v) is 11.9. The summed E-state index contributed by atoms with van der Waals surface area (Å²) in [6.45, 7) is 6.20. The summed E-state index contributed by atoms with van der Waals surface area (Å²) in [5.41, 5.74) is 1.33. The molecule has 3 nitrogen and oxygen atoms in total. The van der Waals surface area contributed by atoms with Gasteiger partial charge < -0.3 is 14.8 Å². The van der Waals surface area contributed by atoms with Gasteiger partial charge in [-0.2, -0.15) is 0 Å². The number of benzene rings is 1. The van der Waals surface area contributed by atoms with Crippen molar-refractivity contribution in [1.82, 2.24) is 0 Å². The quantitative estimate of drug-likeness (QED) is 0.907. The summed E-state index contributed by atoms with van der Waals surface area (Å²) in [5.74, 6) is 3.47. The van der Waals surface area contributed by atoms with Gasteiger partial charge in [0.05, 0.1) is 6.04 Å². The van der Waals surface area contributed by atoms with E-state index in [-0.39, 0.29) is 0 Å². The molecule has 3 atom stereocenters. The van der Waals surface area contributed by atoms with Crippen molar-refractivity contribution < 1.29 is 14.8 Å². The molecule has 0 aromatic heterocycles. The third kappa shape index (κ3) is 2.71. The van der Waals surface area contributed by atoms with Gasteiger partial charge in [0.25, 0.3) is 0 Å². The van der Waals surface area contributed by atoms with Crippen LogP contribution in [0.2, 0.25) is 0 Å². The molecular weight excluding hydrogens is 238 g/mol. The van der Waals surface area contributed by atoms with E-state index in [9.17, 15) is 0 Å². The summed E-state index contributed by atoms with van der Waals surface area (Å²) in [7, 11) is 0. The number of rotatable bonds is 3. The lowest BCUT2D eigenvalue weighted by atomic mass is 9.78. The molecule has 1 aromatic rings. The summed E-state index contributed by atoms with van der Waals surface area (Å²) in [6.07, 6.45) is 4.14. The Hall–Kier alpha value is -1.22. The zero-order chi connectivity index (χ0) is 13.2. The van der Waals surface area contributed by atoms with Gasteiger partial charge in [-0.05, 0) is 43.4 Å². The van der Waals surface area contributed by atoms with Gasteiger partial charge in [0, 0.05) is 11.5 Å². The Labute approximate surface area is 115 Å². The highest BCUT2D eigenvalue weighted by molar-refractivity contribution is 5.44. The minimum Gasteiger partial charge on any atom is -0.454 e. The van der Waals surface area contributed by atoms with E-state index in [2.05, 4.69) is 31.3 Å². The maximum absolute atomic E-state index is 5.43. The van der Waals surface area contributed by atoms with Gasteiger partial charge in [0.15, 0.2) is 11.5 Å². The first-order valence-corrected chi connectivity index (χ1v) is 7.46. The van der Waals surface area contributed by atoms with Crippen molar-refractivity contribution in [3.05, 3.63) is 23.8 Å². The number of fused-ring (bicyclic) bond motifs is 1. The molecule has 0 amide bonds. The SMILES string of the molecule is C[C@@H]1[C@H](C)CCC[C@@H]1[NH2+]Cc1ccc2c(c1)OCO2. The van der Waals surface area contributed by atoms with Gasteiger partial charge >= 0.3 is 0 Å². The van der Waals surface area contributed by atoms with Crippen LogP contribution in [0.5, 0.6) is 11.5 Å². The molecule has 19 heavy (non-hydrogen) atoms. The van der Waals surface area contributed by atoms with Crippen LogP contribution in [0.1, 0.15) is 38.7 Å². The maximum Gasteiger partial charge on any atom is 0.231 e. The van der Waals surface area contributed by atoms with Crippen molar-refractivity contribution in [3.63, 3.8) is 0 Å². The Kier molecular flexibility index (Phi) is 3.65. The standard InChI is InChI=1S/C16H23NO2/c1-11-4-3-5-14(12(11)2)17-9-13-6-7-15-16(8-13)19-10-18-15/h6-8,11-12,14,17H,3-5,9-10H2,1-2H3/p+1/t11-,12-,14+/m1/s1. The van der Waals surface area contributed by atoms with E-state index in [1.54, 1.807) is 0 Å². The first-order chi connectivity index (χ1) is 9.24. The number of quaternary nitrogens is 1. The van der Waals surface area contributed by atoms with Crippen molar-refractivity contribution in [3.8, 4) is 11.5 Å². The summed E-state index contributed by atoms with van der Waals surface area (Å²) >= 11 is 0. The first kappa shape index (κ1) is 12.8. The Morgan fingerprint density at radius 3 is 2.89 bits per heavy atom. The fourth-order valence-corrected chi connectivity index (χ4v) is 3.31. The molecule has 3 rings (SSSR count). The molecule has 1 heterocycles. The van der Waals surface area contributed by atoms with E-state index in [1.807, 2.05) is 6.07 Å². The Balaban J connectivity index is 1.60. The van der Waals surface area contributed by atoms with Crippen LogP contribution in [0.25, 0.3) is 0 Å². The summed E-state index contributed by atoms with van der Waals surface area (Å²) < 4.78 is 10.8. The topological polar surface area (TPSA) is 35.1 Å². The summed E-state index contributed by atoms with van der Waals surface area (Å²) in [4.78, 5) is 0. The molecule has 1 saturated carbocycles. The van der Waals surface area contributed by atoms with E-state index in [0.29, 0.717) is 6.79 Å². The highest BCUT2D eigenvalue weighted by Gasteiger charge is 2.29. The molecule has 0 spiro atoms. The molecule has 1 aliphatic heterocycles. The van der Waals surface area contributed by atoms with Gasteiger partial charge in [-0.15, -0.1) is 0 Å². The van der Waals surface area contributed by atoms with Gasteiger partial charge in [-0.25, -0.2) is 0 Å². The van der Waals surface area contributed by atoms with Crippen molar-refractivity contribution in [1.29, 1.82) is 0 Å². The third-order valence-electron chi connectivity index (χ3n) is 4.86. The second kappa shape index (κ2) is 5.41. The lowest BCUT2D eigenvalue weighted by Gasteiger charge is -2.32. The molecule has 3 heteroatoms. The average molecular weight is 262 g/mol. The number of ether oxygens (including phenoxy) is 2. The zero-order valence-electron chi connectivity index (χ0n) is 11.9. The molecular formula is C16H24NO2+. The van der Waals surface area contributed by atoms with Gasteiger partial charge in [-0.1, -0.05) is 13.8 Å². The van der Waals surface area contributed by atoms with Gasteiger partial charge in [-0.3, -0.25) is 0 Å². The second-order valence-electron chi connectivity index (χ2n) is 6.06. The Morgan fingerprint density at radius 2 is 2.00 bits per heavy atom. The average Bonchev–Trinajstić information content (AvgIpc) is 2.88.